The van der Waals surface area contributed by atoms with Gasteiger partial charge in [0.2, 0.25) is 0 Å². The maximum atomic E-state index is 12.4. The highest BCUT2D eigenvalue weighted by atomic mass is 16.1. The van der Waals surface area contributed by atoms with Crippen LogP contribution in [0.3, 0.4) is 0 Å². The average molecular weight is 386 g/mol. The zero-order valence-electron chi connectivity index (χ0n) is 16.4. The molecule has 0 radical (unpaired) electrons. The number of nitrogens with one attached hydrogen (secondary N) is 3. The van der Waals surface area contributed by atoms with Gasteiger partial charge in [0.25, 0.3) is 5.91 Å². The lowest BCUT2D eigenvalue weighted by molar-refractivity contribution is 0.0924. The molecule has 0 unspecified atom stereocenters. The van der Waals surface area contributed by atoms with Crippen molar-refractivity contribution in [1.82, 2.24) is 15.6 Å². The van der Waals surface area contributed by atoms with Gasteiger partial charge >= 0.3 is 0 Å². The summed E-state index contributed by atoms with van der Waals surface area (Å²) in [4.78, 5) is 16.7. The number of benzene rings is 2. The Morgan fingerprint density at radius 2 is 1.59 bits per heavy atom. The van der Waals surface area contributed by atoms with Crippen LogP contribution in [0.5, 0.6) is 0 Å². The van der Waals surface area contributed by atoms with Crippen molar-refractivity contribution in [2.24, 2.45) is 0 Å². The van der Waals surface area contributed by atoms with E-state index in [9.17, 15) is 4.79 Å². The van der Waals surface area contributed by atoms with Crippen LogP contribution in [-0.4, -0.2) is 30.0 Å². The van der Waals surface area contributed by atoms with E-state index in [-0.39, 0.29) is 11.9 Å². The van der Waals surface area contributed by atoms with E-state index in [1.807, 2.05) is 12.1 Å². The zero-order chi connectivity index (χ0) is 19.9. The van der Waals surface area contributed by atoms with E-state index in [4.69, 9.17) is 0 Å². The molecule has 1 aliphatic heterocycles. The quantitative estimate of drug-likeness (QED) is 0.601. The number of carbonyl (C=O) groups is 1. The van der Waals surface area contributed by atoms with Crippen molar-refractivity contribution >= 4 is 17.3 Å². The summed E-state index contributed by atoms with van der Waals surface area (Å²) < 4.78 is 0. The molecule has 0 saturated carbocycles. The van der Waals surface area contributed by atoms with Crippen molar-refractivity contribution < 1.29 is 4.79 Å². The maximum Gasteiger partial charge on any atom is 0.270 e. The molecule has 1 amide bonds. The number of hydrogen-bond acceptors (Lipinski definition) is 4. The molecule has 0 aliphatic carbocycles. The fraction of sp³-hybridized carbons (Fsp3) is 0.250. The van der Waals surface area contributed by atoms with Gasteiger partial charge in [-0.05, 0) is 67.7 Å². The first-order valence-electron chi connectivity index (χ1n) is 10.1. The number of carbonyl (C=O) groups excluding carboxylic acids is 1. The van der Waals surface area contributed by atoms with Crippen LogP contribution in [0.2, 0.25) is 0 Å². The van der Waals surface area contributed by atoms with Crippen LogP contribution in [0, 0.1) is 0 Å². The molecule has 0 spiro atoms. The highest BCUT2D eigenvalue weighted by molar-refractivity contribution is 5.92. The predicted octanol–water partition coefficient (Wildman–Crippen LogP) is 3.90. The molecule has 148 valence electrons. The van der Waals surface area contributed by atoms with Gasteiger partial charge in [0, 0.05) is 11.7 Å². The summed E-state index contributed by atoms with van der Waals surface area (Å²) >= 11 is 0. The third-order valence-corrected chi connectivity index (χ3v) is 5.16. The van der Waals surface area contributed by atoms with E-state index in [1.54, 1.807) is 12.3 Å². The molecule has 0 atom stereocenters. The van der Waals surface area contributed by atoms with Crippen molar-refractivity contribution in [2.45, 2.75) is 25.3 Å². The van der Waals surface area contributed by atoms with E-state index in [2.05, 4.69) is 69.5 Å². The second kappa shape index (κ2) is 9.34. The Labute approximate surface area is 171 Å². The predicted molar refractivity (Wildman–Crippen MR) is 117 cm³/mol. The number of hydrogen-bond donors (Lipinski definition) is 3. The molecule has 29 heavy (non-hydrogen) atoms. The van der Waals surface area contributed by atoms with E-state index in [0.717, 1.165) is 43.7 Å². The van der Waals surface area contributed by atoms with Gasteiger partial charge in [-0.2, -0.15) is 0 Å². The Morgan fingerprint density at radius 1 is 0.897 bits per heavy atom. The lowest BCUT2D eigenvalue weighted by Crippen LogP contribution is -2.42. The summed E-state index contributed by atoms with van der Waals surface area (Å²) in [5, 5.41) is 9.71. The third kappa shape index (κ3) is 5.42. The molecule has 1 aromatic heterocycles. The standard InChI is InChI=1S/C24H26N4O/c29-24(28-21-12-14-25-15-13-21)23-11-10-22(17-26-23)27-20-8-6-19(7-9-20)16-18-4-2-1-3-5-18/h1-11,17,21,25,27H,12-16H2,(H,28,29). The SMILES string of the molecule is O=C(NC1CCNCC1)c1ccc(Nc2ccc(Cc3ccccc3)cc2)cn1. The smallest absolute Gasteiger partial charge is 0.270 e. The fourth-order valence-electron chi connectivity index (χ4n) is 3.53. The first-order chi connectivity index (χ1) is 14.3. The molecular weight excluding hydrogens is 360 g/mol. The molecular formula is C24H26N4O. The molecule has 5 nitrogen and oxygen atoms in total. The van der Waals surface area contributed by atoms with Gasteiger partial charge < -0.3 is 16.0 Å². The Hall–Kier alpha value is -3.18. The molecule has 1 aliphatic rings. The van der Waals surface area contributed by atoms with Gasteiger partial charge in [-0.15, -0.1) is 0 Å². The minimum absolute atomic E-state index is 0.103. The van der Waals surface area contributed by atoms with Crippen LogP contribution in [0.4, 0.5) is 11.4 Å². The third-order valence-electron chi connectivity index (χ3n) is 5.16. The Kier molecular flexibility index (Phi) is 6.17. The number of piperidine rings is 1. The Morgan fingerprint density at radius 3 is 2.28 bits per heavy atom. The summed E-state index contributed by atoms with van der Waals surface area (Å²) in [7, 11) is 0. The van der Waals surface area contributed by atoms with Crippen LogP contribution >= 0.6 is 0 Å². The fourth-order valence-corrected chi connectivity index (χ4v) is 3.53. The van der Waals surface area contributed by atoms with Crippen molar-refractivity contribution in [3.63, 3.8) is 0 Å². The van der Waals surface area contributed by atoms with Crippen LogP contribution in [0.15, 0.2) is 72.9 Å². The molecule has 1 fully saturated rings. The van der Waals surface area contributed by atoms with Crippen LogP contribution in [0.25, 0.3) is 0 Å². The van der Waals surface area contributed by atoms with Crippen LogP contribution < -0.4 is 16.0 Å². The summed E-state index contributed by atoms with van der Waals surface area (Å²) in [6.45, 7) is 1.90. The maximum absolute atomic E-state index is 12.4. The van der Waals surface area contributed by atoms with Crippen LogP contribution in [-0.2, 0) is 6.42 Å². The Balaban J connectivity index is 1.33. The lowest BCUT2D eigenvalue weighted by Gasteiger charge is -2.23. The van der Waals surface area contributed by atoms with Gasteiger partial charge in [0.1, 0.15) is 5.69 Å². The largest absolute Gasteiger partial charge is 0.354 e. The summed E-state index contributed by atoms with van der Waals surface area (Å²) in [5.41, 5.74) is 4.88. The molecule has 2 heterocycles. The van der Waals surface area contributed by atoms with Crippen molar-refractivity contribution in [3.05, 3.63) is 89.7 Å². The number of amides is 1. The normalized spacial score (nSPS) is 14.3. The minimum atomic E-state index is -0.103. The molecule has 4 rings (SSSR count). The minimum Gasteiger partial charge on any atom is -0.354 e. The lowest BCUT2D eigenvalue weighted by atomic mass is 10.0. The van der Waals surface area contributed by atoms with Gasteiger partial charge in [0.05, 0.1) is 11.9 Å². The van der Waals surface area contributed by atoms with Gasteiger partial charge in [-0.25, -0.2) is 4.98 Å². The van der Waals surface area contributed by atoms with Crippen molar-refractivity contribution in [1.29, 1.82) is 0 Å². The molecule has 5 heteroatoms. The second-order valence-electron chi connectivity index (χ2n) is 7.41. The first kappa shape index (κ1) is 19.2. The summed E-state index contributed by atoms with van der Waals surface area (Å²) in [5.74, 6) is -0.103. The van der Waals surface area contributed by atoms with E-state index < -0.39 is 0 Å². The van der Waals surface area contributed by atoms with E-state index in [0.29, 0.717) is 5.69 Å². The number of anilines is 2. The Bertz CT molecular complexity index is 917. The first-order valence-corrected chi connectivity index (χ1v) is 10.1. The topological polar surface area (TPSA) is 66.1 Å². The molecule has 1 saturated heterocycles. The van der Waals surface area contributed by atoms with Gasteiger partial charge in [0.15, 0.2) is 0 Å². The number of nitrogens with zero attached hydrogens (tertiary/aromatic N) is 1. The number of aromatic nitrogens is 1. The molecule has 3 N–H and O–H groups in total. The number of pyridine rings is 1. The second-order valence-corrected chi connectivity index (χ2v) is 7.41. The van der Waals surface area contributed by atoms with E-state index >= 15 is 0 Å². The number of rotatable bonds is 6. The van der Waals surface area contributed by atoms with Crippen LogP contribution in [0.1, 0.15) is 34.5 Å². The van der Waals surface area contributed by atoms with Crippen molar-refractivity contribution in [2.75, 3.05) is 18.4 Å². The summed E-state index contributed by atoms with van der Waals surface area (Å²) in [6.07, 6.45) is 4.55. The molecule has 0 bridgehead atoms. The van der Waals surface area contributed by atoms with Crippen molar-refractivity contribution in [3.8, 4) is 0 Å². The average Bonchev–Trinajstić information content (AvgIpc) is 2.77. The highest BCUT2D eigenvalue weighted by Gasteiger charge is 2.16. The highest BCUT2D eigenvalue weighted by Crippen LogP contribution is 2.18. The molecule has 3 aromatic rings. The van der Waals surface area contributed by atoms with Gasteiger partial charge in [-0.1, -0.05) is 42.5 Å². The monoisotopic (exact) mass is 386 g/mol. The summed E-state index contributed by atoms with van der Waals surface area (Å²) in [6, 6.07) is 22.7. The van der Waals surface area contributed by atoms with E-state index in [1.165, 1.54) is 11.1 Å². The van der Waals surface area contributed by atoms with Gasteiger partial charge in [-0.3, -0.25) is 4.79 Å². The molecule has 2 aromatic carbocycles. The zero-order valence-corrected chi connectivity index (χ0v) is 16.4.